The molecule has 2 amide bonds. The Bertz CT molecular complexity index is 470. The van der Waals surface area contributed by atoms with Crippen LogP contribution in [-0.2, 0) is 11.3 Å². The minimum Gasteiger partial charge on any atom is -0.355 e. The average molecular weight is 312 g/mol. The van der Waals surface area contributed by atoms with Gasteiger partial charge in [-0.2, -0.15) is 0 Å². The normalized spacial score (nSPS) is 17.5. The van der Waals surface area contributed by atoms with E-state index in [1.807, 2.05) is 12.1 Å². The van der Waals surface area contributed by atoms with Crippen LogP contribution in [0.4, 0.5) is 0 Å². The van der Waals surface area contributed by atoms with E-state index in [1.54, 1.807) is 19.2 Å². The maximum absolute atomic E-state index is 12.0. The van der Waals surface area contributed by atoms with Crippen LogP contribution in [0, 0.1) is 0 Å². The highest BCUT2D eigenvalue weighted by Gasteiger charge is 2.19. The monoisotopic (exact) mass is 311 g/mol. The predicted octanol–water partition coefficient (Wildman–Crippen LogP) is 1.23. The van der Waals surface area contributed by atoms with Crippen molar-refractivity contribution in [2.45, 2.75) is 31.8 Å². The summed E-state index contributed by atoms with van der Waals surface area (Å²) < 4.78 is 0. The first-order chi connectivity index (χ1) is 9.70. The van der Waals surface area contributed by atoms with E-state index < -0.39 is 0 Å². The third-order valence-corrected chi connectivity index (χ3v) is 3.54. The van der Waals surface area contributed by atoms with Crippen LogP contribution >= 0.6 is 12.4 Å². The average Bonchev–Trinajstić information content (AvgIpc) is 2.53. The zero-order valence-corrected chi connectivity index (χ0v) is 13.0. The van der Waals surface area contributed by atoms with Crippen LogP contribution in [0.5, 0.6) is 0 Å². The lowest BCUT2D eigenvalue weighted by atomic mass is 10.0. The summed E-state index contributed by atoms with van der Waals surface area (Å²) in [6, 6.07) is 7.19. The fourth-order valence-corrected chi connectivity index (χ4v) is 2.31. The van der Waals surface area contributed by atoms with E-state index in [1.165, 1.54) is 0 Å². The molecule has 0 radical (unpaired) electrons. The molecule has 1 atom stereocenters. The molecule has 1 saturated heterocycles. The van der Waals surface area contributed by atoms with Gasteiger partial charge in [0.15, 0.2) is 0 Å². The molecule has 0 spiro atoms. The number of benzene rings is 1. The van der Waals surface area contributed by atoms with E-state index in [0.29, 0.717) is 12.1 Å². The van der Waals surface area contributed by atoms with E-state index in [2.05, 4.69) is 16.0 Å². The van der Waals surface area contributed by atoms with E-state index >= 15 is 0 Å². The SMILES string of the molecule is CNC(=O)c1ccc(CNC(=O)C2CCCCN2)cc1.Cl. The Labute approximate surface area is 131 Å². The van der Waals surface area contributed by atoms with Gasteiger partial charge in [0.2, 0.25) is 5.91 Å². The van der Waals surface area contributed by atoms with Crippen LogP contribution in [0.2, 0.25) is 0 Å². The number of hydrogen-bond acceptors (Lipinski definition) is 3. The second kappa shape index (κ2) is 8.64. The molecule has 116 valence electrons. The Morgan fingerprint density at radius 2 is 1.95 bits per heavy atom. The van der Waals surface area contributed by atoms with Gasteiger partial charge in [0.05, 0.1) is 6.04 Å². The molecular formula is C15H22ClN3O2. The van der Waals surface area contributed by atoms with Gasteiger partial charge in [-0.1, -0.05) is 18.6 Å². The summed E-state index contributed by atoms with van der Waals surface area (Å²) in [6.07, 6.45) is 3.15. The number of carbonyl (C=O) groups is 2. The third kappa shape index (κ3) is 5.02. The Morgan fingerprint density at radius 1 is 1.24 bits per heavy atom. The van der Waals surface area contributed by atoms with Gasteiger partial charge in [-0.05, 0) is 37.1 Å². The molecule has 5 nitrogen and oxygen atoms in total. The Hall–Kier alpha value is -1.59. The first kappa shape index (κ1) is 17.5. The van der Waals surface area contributed by atoms with Crippen molar-refractivity contribution in [2.75, 3.05) is 13.6 Å². The quantitative estimate of drug-likeness (QED) is 0.783. The van der Waals surface area contributed by atoms with E-state index in [9.17, 15) is 9.59 Å². The van der Waals surface area contributed by atoms with Crippen molar-refractivity contribution >= 4 is 24.2 Å². The fraction of sp³-hybridized carbons (Fsp3) is 0.467. The number of nitrogens with one attached hydrogen (secondary N) is 3. The van der Waals surface area contributed by atoms with Gasteiger partial charge < -0.3 is 16.0 Å². The van der Waals surface area contributed by atoms with Crippen molar-refractivity contribution in [1.29, 1.82) is 0 Å². The molecule has 1 aliphatic rings. The number of rotatable bonds is 4. The fourth-order valence-electron chi connectivity index (χ4n) is 2.31. The summed E-state index contributed by atoms with van der Waals surface area (Å²) in [4.78, 5) is 23.4. The van der Waals surface area contributed by atoms with Crippen molar-refractivity contribution in [1.82, 2.24) is 16.0 Å². The molecule has 2 rings (SSSR count). The van der Waals surface area contributed by atoms with Gasteiger partial charge >= 0.3 is 0 Å². The second-order valence-electron chi connectivity index (χ2n) is 5.00. The summed E-state index contributed by atoms with van der Waals surface area (Å²) in [5.74, 6) is -0.0490. The molecule has 1 heterocycles. The molecule has 1 unspecified atom stereocenters. The zero-order chi connectivity index (χ0) is 14.4. The molecule has 1 aromatic rings. The topological polar surface area (TPSA) is 70.2 Å². The molecule has 0 saturated carbocycles. The van der Waals surface area contributed by atoms with Crippen LogP contribution in [0.15, 0.2) is 24.3 Å². The number of halogens is 1. The molecular weight excluding hydrogens is 290 g/mol. The van der Waals surface area contributed by atoms with Crippen LogP contribution in [0.1, 0.15) is 35.2 Å². The van der Waals surface area contributed by atoms with E-state index in [0.717, 1.165) is 31.4 Å². The van der Waals surface area contributed by atoms with E-state index in [4.69, 9.17) is 0 Å². The van der Waals surface area contributed by atoms with Gasteiger partial charge in [-0.15, -0.1) is 12.4 Å². The van der Waals surface area contributed by atoms with Gasteiger partial charge in [-0.25, -0.2) is 0 Å². The van der Waals surface area contributed by atoms with Crippen molar-refractivity contribution in [2.24, 2.45) is 0 Å². The molecule has 0 bridgehead atoms. The molecule has 3 N–H and O–H groups in total. The maximum Gasteiger partial charge on any atom is 0.251 e. The van der Waals surface area contributed by atoms with Gasteiger partial charge in [0.1, 0.15) is 0 Å². The zero-order valence-electron chi connectivity index (χ0n) is 12.1. The predicted molar refractivity (Wildman–Crippen MR) is 84.6 cm³/mol. The van der Waals surface area contributed by atoms with Gasteiger partial charge in [-0.3, -0.25) is 9.59 Å². The number of carbonyl (C=O) groups excluding carboxylic acids is 2. The maximum atomic E-state index is 12.0. The first-order valence-corrected chi connectivity index (χ1v) is 7.03. The number of amides is 2. The summed E-state index contributed by atoms with van der Waals surface area (Å²) >= 11 is 0. The van der Waals surface area contributed by atoms with Crippen molar-refractivity contribution in [3.8, 4) is 0 Å². The van der Waals surface area contributed by atoms with Crippen molar-refractivity contribution < 1.29 is 9.59 Å². The van der Waals surface area contributed by atoms with Crippen LogP contribution in [0.25, 0.3) is 0 Å². The lowest BCUT2D eigenvalue weighted by Gasteiger charge is -2.22. The van der Waals surface area contributed by atoms with Crippen LogP contribution in [0.3, 0.4) is 0 Å². The molecule has 21 heavy (non-hydrogen) atoms. The molecule has 1 aromatic carbocycles. The minimum atomic E-state index is -0.105. The standard InChI is InChI=1S/C15H21N3O2.ClH/c1-16-14(19)12-7-5-11(6-8-12)10-18-15(20)13-4-2-3-9-17-13;/h5-8,13,17H,2-4,9-10H2,1H3,(H,16,19)(H,18,20);1H. The minimum absolute atomic E-state index is 0. The molecule has 1 fully saturated rings. The summed E-state index contributed by atoms with van der Waals surface area (Å²) in [5, 5.41) is 8.73. The summed E-state index contributed by atoms with van der Waals surface area (Å²) in [7, 11) is 1.60. The third-order valence-electron chi connectivity index (χ3n) is 3.54. The summed E-state index contributed by atoms with van der Waals surface area (Å²) in [5.41, 5.74) is 1.61. The molecule has 0 aromatic heterocycles. The highest BCUT2D eigenvalue weighted by Crippen LogP contribution is 2.08. The largest absolute Gasteiger partial charge is 0.355 e. The van der Waals surface area contributed by atoms with Crippen LogP contribution < -0.4 is 16.0 Å². The lowest BCUT2D eigenvalue weighted by molar-refractivity contribution is -0.123. The highest BCUT2D eigenvalue weighted by atomic mass is 35.5. The highest BCUT2D eigenvalue weighted by molar-refractivity contribution is 5.93. The lowest BCUT2D eigenvalue weighted by Crippen LogP contribution is -2.46. The van der Waals surface area contributed by atoms with Gasteiger partial charge in [0, 0.05) is 19.2 Å². The molecule has 0 aliphatic carbocycles. The molecule has 1 aliphatic heterocycles. The van der Waals surface area contributed by atoms with Crippen molar-refractivity contribution in [3.05, 3.63) is 35.4 Å². The Kier molecular flexibility index (Phi) is 7.19. The molecule has 6 heteroatoms. The number of piperidine rings is 1. The first-order valence-electron chi connectivity index (χ1n) is 7.03. The Balaban J connectivity index is 0.00000220. The number of hydrogen-bond donors (Lipinski definition) is 3. The van der Waals surface area contributed by atoms with Crippen molar-refractivity contribution in [3.63, 3.8) is 0 Å². The Morgan fingerprint density at radius 3 is 2.52 bits per heavy atom. The second-order valence-corrected chi connectivity index (χ2v) is 5.00. The summed E-state index contributed by atoms with van der Waals surface area (Å²) in [6.45, 7) is 1.41. The van der Waals surface area contributed by atoms with E-state index in [-0.39, 0.29) is 30.3 Å². The van der Waals surface area contributed by atoms with Crippen LogP contribution in [-0.4, -0.2) is 31.4 Å². The van der Waals surface area contributed by atoms with Gasteiger partial charge in [0.25, 0.3) is 5.91 Å². The smallest absolute Gasteiger partial charge is 0.251 e.